The molecule has 0 aliphatic carbocycles. The lowest BCUT2D eigenvalue weighted by Crippen LogP contribution is -2.49. The lowest BCUT2D eigenvalue weighted by Gasteiger charge is -2.35. The number of benzene rings is 1. The van der Waals surface area contributed by atoms with Crippen molar-refractivity contribution < 1.29 is 23.1 Å². The second-order valence-corrected chi connectivity index (χ2v) is 6.11. The van der Waals surface area contributed by atoms with Gasteiger partial charge in [-0.15, -0.1) is 0 Å². The minimum atomic E-state index is -4.40. The Hall–Kier alpha value is -2.77. The molecule has 1 fully saturated rings. The zero-order valence-corrected chi connectivity index (χ0v) is 13.9. The van der Waals surface area contributed by atoms with Gasteiger partial charge in [0, 0.05) is 32.4 Å². The van der Waals surface area contributed by atoms with E-state index in [0.29, 0.717) is 32.0 Å². The Morgan fingerprint density at radius 1 is 1.04 bits per heavy atom. The molecule has 1 aliphatic heterocycles. The molecule has 1 aromatic heterocycles. The summed E-state index contributed by atoms with van der Waals surface area (Å²) in [5, 5.41) is 9.27. The van der Waals surface area contributed by atoms with Crippen molar-refractivity contribution in [1.82, 2.24) is 9.88 Å². The monoisotopic (exact) mass is 365 g/mol. The fourth-order valence-corrected chi connectivity index (χ4v) is 2.83. The van der Waals surface area contributed by atoms with Gasteiger partial charge in [-0.1, -0.05) is 12.1 Å². The topological polar surface area (TPSA) is 56.7 Å². The number of aromatic hydroxyl groups is 1. The summed E-state index contributed by atoms with van der Waals surface area (Å²) in [4.78, 5) is 19.8. The molecule has 1 amide bonds. The molecule has 3 rings (SSSR count). The third kappa shape index (κ3) is 4.25. The number of nitrogens with zero attached hydrogens (tertiary/aromatic N) is 3. The maximum atomic E-state index is 12.6. The van der Waals surface area contributed by atoms with Crippen molar-refractivity contribution in [3.05, 3.63) is 53.7 Å². The first-order valence-corrected chi connectivity index (χ1v) is 8.17. The molecule has 138 valence electrons. The van der Waals surface area contributed by atoms with Crippen LogP contribution in [0.15, 0.2) is 42.6 Å². The molecular weight excluding hydrogens is 347 g/mol. The van der Waals surface area contributed by atoms with E-state index in [1.807, 2.05) is 4.90 Å². The SMILES string of the molecule is O=C(Cc1ccc(O)cc1)N1CCN(c2ccc(C(F)(F)F)cn2)CC1. The van der Waals surface area contributed by atoms with Crippen LogP contribution >= 0.6 is 0 Å². The van der Waals surface area contributed by atoms with Gasteiger partial charge in [0.25, 0.3) is 0 Å². The van der Waals surface area contributed by atoms with Crippen LogP contribution in [0.1, 0.15) is 11.1 Å². The summed E-state index contributed by atoms with van der Waals surface area (Å²) < 4.78 is 37.8. The zero-order valence-electron chi connectivity index (χ0n) is 13.9. The highest BCUT2D eigenvalue weighted by molar-refractivity contribution is 5.79. The van der Waals surface area contributed by atoms with E-state index in [1.165, 1.54) is 18.2 Å². The second kappa shape index (κ2) is 7.23. The summed E-state index contributed by atoms with van der Waals surface area (Å²) in [6.45, 7) is 2.00. The smallest absolute Gasteiger partial charge is 0.417 e. The highest BCUT2D eigenvalue weighted by Gasteiger charge is 2.31. The number of carbonyl (C=O) groups excluding carboxylic acids is 1. The number of hydrogen-bond acceptors (Lipinski definition) is 4. The quantitative estimate of drug-likeness (QED) is 0.909. The average Bonchev–Trinajstić information content (AvgIpc) is 2.63. The normalized spacial score (nSPS) is 15.2. The number of phenolic OH excluding ortho intramolecular Hbond substituents is 1. The number of pyridine rings is 1. The van der Waals surface area contributed by atoms with Crippen LogP contribution in [0, 0.1) is 0 Å². The number of phenols is 1. The van der Waals surface area contributed by atoms with Gasteiger partial charge < -0.3 is 14.9 Å². The van der Waals surface area contributed by atoms with Gasteiger partial charge in [-0.25, -0.2) is 4.98 Å². The van der Waals surface area contributed by atoms with Crippen molar-refractivity contribution in [2.75, 3.05) is 31.1 Å². The molecule has 0 radical (unpaired) electrons. The van der Waals surface area contributed by atoms with E-state index in [2.05, 4.69) is 4.98 Å². The number of halogens is 3. The van der Waals surface area contributed by atoms with Crippen LogP contribution in [0.5, 0.6) is 5.75 Å². The molecular formula is C18H18F3N3O2. The van der Waals surface area contributed by atoms with E-state index in [-0.39, 0.29) is 18.1 Å². The first-order valence-electron chi connectivity index (χ1n) is 8.17. The Balaban J connectivity index is 1.55. The van der Waals surface area contributed by atoms with E-state index in [1.54, 1.807) is 17.0 Å². The predicted molar refractivity (Wildman–Crippen MR) is 89.8 cm³/mol. The van der Waals surface area contributed by atoms with E-state index in [9.17, 15) is 23.1 Å². The van der Waals surface area contributed by atoms with Gasteiger partial charge in [-0.3, -0.25) is 4.79 Å². The lowest BCUT2D eigenvalue weighted by atomic mass is 10.1. The highest BCUT2D eigenvalue weighted by atomic mass is 19.4. The molecule has 1 aromatic carbocycles. The van der Waals surface area contributed by atoms with Crippen LogP contribution in [-0.4, -0.2) is 47.1 Å². The van der Waals surface area contributed by atoms with Crippen molar-refractivity contribution in [2.45, 2.75) is 12.6 Å². The highest BCUT2D eigenvalue weighted by Crippen LogP contribution is 2.29. The van der Waals surface area contributed by atoms with E-state index in [4.69, 9.17) is 0 Å². The van der Waals surface area contributed by atoms with Crippen LogP contribution in [0.25, 0.3) is 0 Å². The van der Waals surface area contributed by atoms with Crippen molar-refractivity contribution in [1.29, 1.82) is 0 Å². The van der Waals surface area contributed by atoms with Crippen molar-refractivity contribution in [2.24, 2.45) is 0 Å². The van der Waals surface area contributed by atoms with Gasteiger partial charge in [-0.2, -0.15) is 13.2 Å². The van der Waals surface area contributed by atoms with E-state index in [0.717, 1.165) is 17.8 Å². The van der Waals surface area contributed by atoms with Crippen LogP contribution in [0.2, 0.25) is 0 Å². The third-order valence-corrected chi connectivity index (χ3v) is 4.32. The first kappa shape index (κ1) is 18.0. The molecule has 0 atom stereocenters. The van der Waals surface area contributed by atoms with Crippen LogP contribution in [0.3, 0.4) is 0 Å². The Labute approximate surface area is 148 Å². The molecule has 0 unspecified atom stereocenters. The Morgan fingerprint density at radius 2 is 1.69 bits per heavy atom. The summed E-state index contributed by atoms with van der Waals surface area (Å²) in [5.74, 6) is 0.609. The number of anilines is 1. The third-order valence-electron chi connectivity index (χ3n) is 4.32. The van der Waals surface area contributed by atoms with Crippen molar-refractivity contribution in [3.63, 3.8) is 0 Å². The Morgan fingerprint density at radius 3 is 2.23 bits per heavy atom. The summed E-state index contributed by atoms with van der Waals surface area (Å²) in [6.07, 6.45) is -3.32. The molecule has 26 heavy (non-hydrogen) atoms. The minimum Gasteiger partial charge on any atom is -0.508 e. The number of carbonyl (C=O) groups is 1. The number of piperazine rings is 1. The van der Waals surface area contributed by atoms with Gasteiger partial charge >= 0.3 is 6.18 Å². The lowest BCUT2D eigenvalue weighted by molar-refractivity contribution is -0.137. The summed E-state index contributed by atoms with van der Waals surface area (Å²) in [7, 11) is 0. The standard InChI is InChI=1S/C18H18F3N3O2/c19-18(20,21)14-3-6-16(22-12-14)23-7-9-24(10-8-23)17(26)11-13-1-4-15(25)5-2-13/h1-6,12,25H,7-11H2. The van der Waals surface area contributed by atoms with Crippen LogP contribution in [0.4, 0.5) is 19.0 Å². The molecule has 0 bridgehead atoms. The average molecular weight is 365 g/mol. The number of amides is 1. The maximum Gasteiger partial charge on any atom is 0.417 e. The van der Waals surface area contributed by atoms with Gasteiger partial charge in [0.1, 0.15) is 11.6 Å². The molecule has 8 heteroatoms. The van der Waals surface area contributed by atoms with Crippen molar-refractivity contribution >= 4 is 11.7 Å². The zero-order chi connectivity index (χ0) is 18.7. The number of alkyl halides is 3. The summed E-state index contributed by atoms with van der Waals surface area (Å²) >= 11 is 0. The van der Waals surface area contributed by atoms with Gasteiger partial charge in [0.05, 0.1) is 12.0 Å². The second-order valence-electron chi connectivity index (χ2n) is 6.11. The van der Waals surface area contributed by atoms with Crippen LogP contribution < -0.4 is 4.90 Å². The number of rotatable bonds is 3. The molecule has 1 saturated heterocycles. The van der Waals surface area contributed by atoms with Gasteiger partial charge in [0.15, 0.2) is 0 Å². The van der Waals surface area contributed by atoms with Gasteiger partial charge in [0.2, 0.25) is 5.91 Å². The number of aromatic nitrogens is 1. The molecule has 0 spiro atoms. The summed E-state index contributed by atoms with van der Waals surface area (Å²) in [6, 6.07) is 8.86. The molecule has 5 nitrogen and oxygen atoms in total. The largest absolute Gasteiger partial charge is 0.508 e. The summed E-state index contributed by atoms with van der Waals surface area (Å²) in [5.41, 5.74) is 0.0450. The molecule has 2 heterocycles. The van der Waals surface area contributed by atoms with Gasteiger partial charge in [-0.05, 0) is 29.8 Å². The van der Waals surface area contributed by atoms with Crippen LogP contribution in [-0.2, 0) is 17.4 Å². The van der Waals surface area contributed by atoms with E-state index < -0.39 is 11.7 Å². The number of hydrogen-bond donors (Lipinski definition) is 1. The fourth-order valence-electron chi connectivity index (χ4n) is 2.83. The minimum absolute atomic E-state index is 0.0179. The Bertz CT molecular complexity index is 753. The first-order chi connectivity index (χ1) is 12.3. The Kier molecular flexibility index (Phi) is 5.01. The van der Waals surface area contributed by atoms with E-state index >= 15 is 0 Å². The fraction of sp³-hybridized carbons (Fsp3) is 0.333. The molecule has 0 saturated carbocycles. The predicted octanol–water partition coefficient (Wildman–Crippen LogP) is 2.70. The maximum absolute atomic E-state index is 12.6. The molecule has 1 N–H and O–H groups in total. The van der Waals surface area contributed by atoms with Crippen molar-refractivity contribution in [3.8, 4) is 5.75 Å². The molecule has 1 aliphatic rings. The molecule has 2 aromatic rings.